The van der Waals surface area contributed by atoms with E-state index in [1.807, 2.05) is 37.3 Å². The fraction of sp³-hybridized carbons (Fsp3) is 0.400. The molecule has 21 heavy (non-hydrogen) atoms. The smallest absolute Gasteiger partial charge is 0.305 e. The standard InChI is InChI=1S/C15H18N2O4/c1-2-17(9-8-14(18)19)15(20)13-10-12(16-21-13)11-6-4-3-5-7-11/h3-7,13H,2,8-10H2,1H3,(H,18,19). The van der Waals surface area contributed by atoms with E-state index in [0.29, 0.717) is 13.0 Å². The summed E-state index contributed by atoms with van der Waals surface area (Å²) in [5, 5.41) is 12.7. The van der Waals surface area contributed by atoms with Crippen LogP contribution in [0.25, 0.3) is 0 Å². The number of amides is 1. The molecule has 0 aliphatic carbocycles. The Hall–Kier alpha value is -2.37. The zero-order chi connectivity index (χ0) is 15.2. The van der Waals surface area contributed by atoms with E-state index in [-0.39, 0.29) is 18.9 Å². The Labute approximate surface area is 123 Å². The molecule has 1 amide bonds. The van der Waals surface area contributed by atoms with Crippen molar-refractivity contribution in [3.63, 3.8) is 0 Å². The predicted octanol–water partition coefficient (Wildman–Crippen LogP) is 1.50. The van der Waals surface area contributed by atoms with Gasteiger partial charge in [-0.25, -0.2) is 0 Å². The van der Waals surface area contributed by atoms with Gasteiger partial charge in [-0.3, -0.25) is 9.59 Å². The summed E-state index contributed by atoms with van der Waals surface area (Å²) in [6.45, 7) is 2.45. The molecule has 6 nitrogen and oxygen atoms in total. The number of carboxylic acid groups (broad SMARTS) is 1. The van der Waals surface area contributed by atoms with Crippen molar-refractivity contribution in [1.82, 2.24) is 4.90 Å². The monoisotopic (exact) mass is 290 g/mol. The summed E-state index contributed by atoms with van der Waals surface area (Å²) in [4.78, 5) is 29.6. The number of rotatable bonds is 6. The summed E-state index contributed by atoms with van der Waals surface area (Å²) in [7, 11) is 0. The highest BCUT2D eigenvalue weighted by Gasteiger charge is 2.31. The third kappa shape index (κ3) is 3.81. The maximum absolute atomic E-state index is 12.3. The normalized spacial score (nSPS) is 17.0. The first kappa shape index (κ1) is 15.0. The molecule has 0 saturated carbocycles. The van der Waals surface area contributed by atoms with Crippen LogP contribution < -0.4 is 0 Å². The van der Waals surface area contributed by atoms with Gasteiger partial charge in [0.25, 0.3) is 5.91 Å². The predicted molar refractivity (Wildman–Crippen MR) is 77.0 cm³/mol. The maximum atomic E-state index is 12.3. The van der Waals surface area contributed by atoms with Crippen molar-refractivity contribution in [2.24, 2.45) is 5.16 Å². The van der Waals surface area contributed by atoms with Crippen LogP contribution in [-0.4, -0.2) is 46.8 Å². The molecule has 1 aliphatic heterocycles. The molecular formula is C15H18N2O4. The van der Waals surface area contributed by atoms with Crippen LogP contribution in [0.3, 0.4) is 0 Å². The van der Waals surface area contributed by atoms with Crippen LogP contribution in [-0.2, 0) is 14.4 Å². The lowest BCUT2D eigenvalue weighted by atomic mass is 10.0. The number of aliphatic carboxylic acids is 1. The molecule has 1 heterocycles. The van der Waals surface area contributed by atoms with Crippen molar-refractivity contribution in [3.05, 3.63) is 35.9 Å². The summed E-state index contributed by atoms with van der Waals surface area (Å²) in [5.41, 5.74) is 1.67. The number of oxime groups is 1. The van der Waals surface area contributed by atoms with Gasteiger partial charge in [0, 0.05) is 19.5 Å². The van der Waals surface area contributed by atoms with E-state index in [2.05, 4.69) is 5.16 Å². The lowest BCUT2D eigenvalue weighted by Gasteiger charge is -2.22. The lowest BCUT2D eigenvalue weighted by Crippen LogP contribution is -2.40. The van der Waals surface area contributed by atoms with Crippen LogP contribution in [0.4, 0.5) is 0 Å². The third-order valence-corrected chi connectivity index (χ3v) is 3.34. The van der Waals surface area contributed by atoms with E-state index in [9.17, 15) is 9.59 Å². The minimum Gasteiger partial charge on any atom is -0.481 e. The largest absolute Gasteiger partial charge is 0.481 e. The first-order chi connectivity index (χ1) is 10.1. The van der Waals surface area contributed by atoms with Gasteiger partial charge < -0.3 is 14.8 Å². The number of carbonyl (C=O) groups excluding carboxylic acids is 1. The van der Waals surface area contributed by atoms with Crippen LogP contribution in [0.1, 0.15) is 25.3 Å². The fourth-order valence-corrected chi connectivity index (χ4v) is 2.17. The Balaban J connectivity index is 1.95. The van der Waals surface area contributed by atoms with Crippen molar-refractivity contribution in [2.75, 3.05) is 13.1 Å². The molecule has 0 bridgehead atoms. The minimum atomic E-state index is -0.921. The van der Waals surface area contributed by atoms with Gasteiger partial charge in [-0.2, -0.15) is 0 Å². The summed E-state index contributed by atoms with van der Waals surface area (Å²) in [6.07, 6.45) is -0.320. The number of nitrogens with zero attached hydrogens (tertiary/aromatic N) is 2. The maximum Gasteiger partial charge on any atom is 0.305 e. The Morgan fingerprint density at radius 3 is 2.71 bits per heavy atom. The van der Waals surface area contributed by atoms with Crippen molar-refractivity contribution < 1.29 is 19.5 Å². The summed E-state index contributed by atoms with van der Waals surface area (Å²) >= 11 is 0. The molecule has 0 radical (unpaired) electrons. The number of carbonyl (C=O) groups is 2. The van der Waals surface area contributed by atoms with Gasteiger partial charge in [-0.15, -0.1) is 0 Å². The van der Waals surface area contributed by atoms with E-state index in [1.165, 1.54) is 4.90 Å². The average molecular weight is 290 g/mol. The molecule has 1 aromatic rings. The van der Waals surface area contributed by atoms with Crippen molar-refractivity contribution in [2.45, 2.75) is 25.9 Å². The number of likely N-dealkylation sites (N-methyl/N-ethyl adjacent to an activating group) is 1. The highest BCUT2D eigenvalue weighted by molar-refractivity contribution is 6.04. The Bertz CT molecular complexity index is 542. The number of hydrogen-bond donors (Lipinski definition) is 1. The highest BCUT2D eigenvalue weighted by atomic mass is 16.6. The number of carboxylic acids is 1. The zero-order valence-electron chi connectivity index (χ0n) is 11.9. The van der Waals surface area contributed by atoms with Gasteiger partial charge in [0.05, 0.1) is 12.1 Å². The second kappa shape index (κ2) is 6.88. The van der Waals surface area contributed by atoms with Crippen LogP contribution in [0.5, 0.6) is 0 Å². The number of hydrogen-bond acceptors (Lipinski definition) is 4. The van der Waals surface area contributed by atoms with E-state index in [0.717, 1.165) is 11.3 Å². The van der Waals surface area contributed by atoms with Crippen LogP contribution >= 0.6 is 0 Å². The molecular weight excluding hydrogens is 272 g/mol. The second-order valence-electron chi connectivity index (χ2n) is 4.76. The van der Waals surface area contributed by atoms with Crippen LogP contribution in [0, 0.1) is 0 Å². The Morgan fingerprint density at radius 2 is 2.10 bits per heavy atom. The van der Waals surface area contributed by atoms with Gasteiger partial charge in [0.1, 0.15) is 0 Å². The molecule has 0 fully saturated rings. The second-order valence-corrected chi connectivity index (χ2v) is 4.76. The summed E-state index contributed by atoms with van der Waals surface area (Å²) in [5.74, 6) is -1.14. The van der Waals surface area contributed by atoms with E-state index in [4.69, 9.17) is 9.94 Å². The van der Waals surface area contributed by atoms with E-state index >= 15 is 0 Å². The molecule has 112 valence electrons. The molecule has 6 heteroatoms. The SMILES string of the molecule is CCN(CCC(=O)O)C(=O)C1CC(c2ccccc2)=NO1. The zero-order valence-corrected chi connectivity index (χ0v) is 11.9. The lowest BCUT2D eigenvalue weighted by molar-refractivity contribution is -0.143. The van der Waals surface area contributed by atoms with Gasteiger partial charge >= 0.3 is 5.97 Å². The van der Waals surface area contributed by atoms with Crippen molar-refractivity contribution >= 4 is 17.6 Å². The van der Waals surface area contributed by atoms with Crippen molar-refractivity contribution in [1.29, 1.82) is 0 Å². The molecule has 1 unspecified atom stereocenters. The average Bonchev–Trinajstić information content (AvgIpc) is 2.98. The highest BCUT2D eigenvalue weighted by Crippen LogP contribution is 2.18. The third-order valence-electron chi connectivity index (χ3n) is 3.34. The van der Waals surface area contributed by atoms with Gasteiger partial charge in [-0.1, -0.05) is 35.5 Å². The molecule has 1 atom stereocenters. The number of benzene rings is 1. The topological polar surface area (TPSA) is 79.2 Å². The van der Waals surface area contributed by atoms with Gasteiger partial charge in [0.15, 0.2) is 0 Å². The van der Waals surface area contributed by atoms with Crippen LogP contribution in [0.15, 0.2) is 35.5 Å². The minimum absolute atomic E-state index is 0.0707. The quantitative estimate of drug-likeness (QED) is 0.861. The van der Waals surface area contributed by atoms with E-state index < -0.39 is 12.1 Å². The Morgan fingerprint density at radius 1 is 1.38 bits per heavy atom. The molecule has 1 aromatic carbocycles. The van der Waals surface area contributed by atoms with Crippen molar-refractivity contribution in [3.8, 4) is 0 Å². The molecule has 0 aromatic heterocycles. The first-order valence-electron chi connectivity index (χ1n) is 6.90. The first-order valence-corrected chi connectivity index (χ1v) is 6.90. The summed E-state index contributed by atoms with van der Waals surface area (Å²) < 4.78 is 0. The molecule has 2 rings (SSSR count). The fourth-order valence-electron chi connectivity index (χ4n) is 2.17. The van der Waals surface area contributed by atoms with Crippen LogP contribution in [0.2, 0.25) is 0 Å². The van der Waals surface area contributed by atoms with Gasteiger partial charge in [-0.05, 0) is 12.5 Å². The molecule has 0 spiro atoms. The molecule has 1 N–H and O–H groups in total. The Kier molecular flexibility index (Phi) is 4.92. The molecule has 0 saturated heterocycles. The molecule has 1 aliphatic rings. The van der Waals surface area contributed by atoms with Gasteiger partial charge in [0.2, 0.25) is 6.10 Å². The van der Waals surface area contributed by atoms with E-state index in [1.54, 1.807) is 0 Å². The summed E-state index contributed by atoms with van der Waals surface area (Å²) in [6, 6.07) is 9.54.